The van der Waals surface area contributed by atoms with Gasteiger partial charge in [-0.15, -0.1) is 13.2 Å². The molecule has 0 radical (unpaired) electrons. The largest absolute Gasteiger partial charge is 0.573 e. The predicted molar refractivity (Wildman–Crippen MR) is 89.9 cm³/mol. The van der Waals surface area contributed by atoms with Crippen molar-refractivity contribution < 1.29 is 32.3 Å². The Morgan fingerprint density at radius 1 is 1.39 bits per heavy atom. The summed E-state index contributed by atoms with van der Waals surface area (Å²) < 4.78 is 53.8. The summed E-state index contributed by atoms with van der Waals surface area (Å²) in [6.07, 6.45) is -3.34. The minimum absolute atomic E-state index is 0.127. The van der Waals surface area contributed by atoms with E-state index in [1.54, 1.807) is 0 Å². The maximum absolute atomic E-state index is 12.2. The normalized spacial score (nSPS) is 21.7. The molecule has 0 aliphatic carbocycles. The van der Waals surface area contributed by atoms with Crippen molar-refractivity contribution in [3.63, 3.8) is 0 Å². The van der Waals surface area contributed by atoms with Crippen LogP contribution in [0.2, 0.25) is 0 Å². The van der Waals surface area contributed by atoms with Crippen molar-refractivity contribution >= 4 is 5.82 Å². The second-order valence-electron chi connectivity index (χ2n) is 6.55. The average molecular weight is 401 g/mol. The molecule has 0 spiro atoms. The second-order valence-corrected chi connectivity index (χ2v) is 6.55. The van der Waals surface area contributed by atoms with Gasteiger partial charge >= 0.3 is 18.2 Å². The molecule has 1 aliphatic rings. The van der Waals surface area contributed by atoms with Crippen molar-refractivity contribution in [1.29, 1.82) is 0 Å². The summed E-state index contributed by atoms with van der Waals surface area (Å²) in [7, 11) is 0. The van der Waals surface area contributed by atoms with Crippen LogP contribution in [0, 0.1) is 10.1 Å². The molecular weight excluding hydrogens is 383 g/mol. The standard InChI is InChI=1S/C17H18F3N3O5/c1-3-16(2)13(8-22-9-14(23(24)25)21-15(22)28-16)26-10-11-4-6-12(7-5-11)27-17(18,19)20/h4-7,9,13H,3,8,10H2,1-2H3/t13-,16+/m0/s1. The first-order valence-corrected chi connectivity index (χ1v) is 8.46. The van der Waals surface area contributed by atoms with E-state index in [1.807, 2.05) is 13.8 Å². The molecule has 2 aromatic rings. The van der Waals surface area contributed by atoms with E-state index in [0.29, 0.717) is 18.5 Å². The topological polar surface area (TPSA) is 88.7 Å². The maximum Gasteiger partial charge on any atom is 0.573 e. The number of rotatable bonds is 6. The zero-order chi connectivity index (χ0) is 20.5. The van der Waals surface area contributed by atoms with Gasteiger partial charge in [-0.2, -0.15) is 0 Å². The number of benzene rings is 1. The van der Waals surface area contributed by atoms with Gasteiger partial charge in [0, 0.05) is 4.98 Å². The van der Waals surface area contributed by atoms with Gasteiger partial charge in [0.1, 0.15) is 23.7 Å². The quantitative estimate of drug-likeness (QED) is 0.540. The first-order chi connectivity index (χ1) is 13.1. The lowest BCUT2D eigenvalue weighted by molar-refractivity contribution is -0.389. The highest BCUT2D eigenvalue weighted by Gasteiger charge is 2.44. The summed E-state index contributed by atoms with van der Waals surface area (Å²) in [5, 5.41) is 10.9. The van der Waals surface area contributed by atoms with Gasteiger partial charge in [0.25, 0.3) is 0 Å². The number of ether oxygens (including phenoxy) is 3. The van der Waals surface area contributed by atoms with Gasteiger partial charge in [0.05, 0.1) is 13.2 Å². The molecular formula is C17H18F3N3O5. The molecule has 0 fully saturated rings. The molecule has 0 N–H and O–H groups in total. The van der Waals surface area contributed by atoms with E-state index in [0.717, 1.165) is 0 Å². The zero-order valence-corrected chi connectivity index (χ0v) is 15.1. The van der Waals surface area contributed by atoms with Gasteiger partial charge < -0.3 is 24.3 Å². The van der Waals surface area contributed by atoms with Crippen LogP contribution in [0.3, 0.4) is 0 Å². The fourth-order valence-electron chi connectivity index (χ4n) is 2.84. The average Bonchev–Trinajstić information content (AvgIpc) is 3.02. The Morgan fingerprint density at radius 3 is 2.64 bits per heavy atom. The summed E-state index contributed by atoms with van der Waals surface area (Å²) in [5.74, 6) is -0.625. The van der Waals surface area contributed by atoms with Crippen LogP contribution in [0.15, 0.2) is 30.5 Å². The van der Waals surface area contributed by atoms with Crippen molar-refractivity contribution in [3.8, 4) is 11.8 Å². The van der Waals surface area contributed by atoms with Crippen LogP contribution in [0.25, 0.3) is 0 Å². The molecule has 0 unspecified atom stereocenters. The molecule has 0 saturated heterocycles. The first kappa shape index (κ1) is 19.9. The first-order valence-electron chi connectivity index (χ1n) is 8.46. The van der Waals surface area contributed by atoms with Crippen LogP contribution < -0.4 is 9.47 Å². The predicted octanol–water partition coefficient (Wildman–Crippen LogP) is 3.84. The molecule has 0 saturated carbocycles. The summed E-state index contributed by atoms with van der Waals surface area (Å²) in [5.41, 5.74) is -0.107. The van der Waals surface area contributed by atoms with Crippen LogP contribution in [0.5, 0.6) is 11.8 Å². The summed E-state index contributed by atoms with van der Waals surface area (Å²) in [6, 6.07) is 5.52. The number of nitrogens with zero attached hydrogens (tertiary/aromatic N) is 3. The van der Waals surface area contributed by atoms with E-state index in [-0.39, 0.29) is 24.2 Å². The molecule has 1 aromatic carbocycles. The van der Waals surface area contributed by atoms with E-state index in [2.05, 4.69) is 9.72 Å². The minimum Gasteiger partial charge on any atom is -0.437 e. The van der Waals surface area contributed by atoms with E-state index >= 15 is 0 Å². The lowest BCUT2D eigenvalue weighted by Crippen LogP contribution is -2.51. The molecule has 2 atom stereocenters. The maximum atomic E-state index is 12.2. The number of hydrogen-bond acceptors (Lipinski definition) is 6. The Kier molecular flexibility index (Phi) is 5.20. The third-order valence-electron chi connectivity index (χ3n) is 4.59. The Morgan fingerprint density at radius 2 is 2.07 bits per heavy atom. The lowest BCUT2D eigenvalue weighted by Gasteiger charge is -2.39. The van der Waals surface area contributed by atoms with Crippen molar-refractivity contribution in [2.45, 2.75) is 51.5 Å². The SMILES string of the molecule is CC[C@@]1(C)Oc2nc([N+](=O)[O-])cn2C[C@@H]1OCc1ccc(OC(F)(F)F)cc1. The third-order valence-corrected chi connectivity index (χ3v) is 4.59. The highest BCUT2D eigenvalue weighted by atomic mass is 19.4. The van der Waals surface area contributed by atoms with Gasteiger partial charge in [0.2, 0.25) is 0 Å². The Labute approximate surface area is 158 Å². The molecule has 8 nitrogen and oxygen atoms in total. The third kappa shape index (κ3) is 4.35. The molecule has 28 heavy (non-hydrogen) atoms. The number of halogens is 3. The van der Waals surface area contributed by atoms with Crippen LogP contribution in [-0.2, 0) is 17.9 Å². The van der Waals surface area contributed by atoms with Crippen molar-refractivity contribution in [1.82, 2.24) is 9.55 Å². The molecule has 11 heteroatoms. The summed E-state index contributed by atoms with van der Waals surface area (Å²) in [4.78, 5) is 14.2. The summed E-state index contributed by atoms with van der Waals surface area (Å²) >= 11 is 0. The molecule has 1 aromatic heterocycles. The van der Waals surface area contributed by atoms with Crippen LogP contribution >= 0.6 is 0 Å². The molecule has 2 heterocycles. The minimum atomic E-state index is -4.74. The fraction of sp³-hybridized carbons (Fsp3) is 0.471. The lowest BCUT2D eigenvalue weighted by atomic mass is 9.94. The number of aromatic nitrogens is 2. The van der Waals surface area contributed by atoms with Gasteiger partial charge in [-0.25, -0.2) is 0 Å². The van der Waals surface area contributed by atoms with Gasteiger partial charge in [-0.05, 0) is 36.0 Å². The van der Waals surface area contributed by atoms with E-state index in [4.69, 9.17) is 9.47 Å². The molecule has 0 bridgehead atoms. The highest BCUT2D eigenvalue weighted by molar-refractivity contribution is 5.27. The van der Waals surface area contributed by atoms with Gasteiger partial charge in [-0.3, -0.25) is 4.57 Å². The number of fused-ring (bicyclic) bond motifs is 1. The summed E-state index contributed by atoms with van der Waals surface area (Å²) in [6.45, 7) is 4.15. The van der Waals surface area contributed by atoms with Crippen molar-refractivity contribution in [2.24, 2.45) is 0 Å². The number of alkyl halides is 3. The molecule has 0 amide bonds. The van der Waals surface area contributed by atoms with Crippen molar-refractivity contribution in [2.75, 3.05) is 0 Å². The molecule has 3 rings (SSSR count). The zero-order valence-electron chi connectivity index (χ0n) is 15.1. The highest BCUT2D eigenvalue weighted by Crippen LogP contribution is 2.34. The van der Waals surface area contributed by atoms with Crippen LogP contribution in [-0.4, -0.2) is 32.5 Å². The van der Waals surface area contributed by atoms with E-state index in [9.17, 15) is 23.3 Å². The monoisotopic (exact) mass is 401 g/mol. The smallest absolute Gasteiger partial charge is 0.437 e. The van der Waals surface area contributed by atoms with E-state index in [1.165, 1.54) is 35.0 Å². The van der Waals surface area contributed by atoms with E-state index < -0.39 is 23.0 Å². The fourth-order valence-corrected chi connectivity index (χ4v) is 2.84. The Balaban J connectivity index is 1.69. The number of hydrogen-bond donors (Lipinski definition) is 0. The molecule has 152 valence electrons. The van der Waals surface area contributed by atoms with Gasteiger partial charge in [0.15, 0.2) is 0 Å². The van der Waals surface area contributed by atoms with Gasteiger partial charge in [-0.1, -0.05) is 19.1 Å². The second kappa shape index (κ2) is 7.30. The Bertz CT molecular complexity index is 853. The number of imidazole rings is 1. The molecule has 1 aliphatic heterocycles. The Hall–Kier alpha value is -2.82. The van der Waals surface area contributed by atoms with Crippen LogP contribution in [0.4, 0.5) is 19.0 Å². The van der Waals surface area contributed by atoms with Crippen molar-refractivity contribution in [3.05, 3.63) is 46.1 Å². The number of nitro groups is 1. The van der Waals surface area contributed by atoms with Crippen LogP contribution in [0.1, 0.15) is 25.8 Å².